The molecule has 1 saturated heterocycles. The zero-order valence-corrected chi connectivity index (χ0v) is 15.7. The van der Waals surface area contributed by atoms with E-state index in [-0.39, 0.29) is 17.2 Å². The molecule has 2 aliphatic carbocycles. The molecule has 4 heteroatoms. The third-order valence-electron chi connectivity index (χ3n) is 6.56. The standard InChI is InChI=1S/C20H32ClNO2/c21-18-10-8-15(9-11-18)19(23)14-22-12-4-7-17(13-22)20(24)16-5-2-1-3-6-16/h15-18H,1-14H2/p+1. The fourth-order valence-corrected chi connectivity index (χ4v) is 5.29. The molecule has 2 atom stereocenters. The molecule has 0 radical (unpaired) electrons. The Morgan fingerprint density at radius 3 is 2.17 bits per heavy atom. The van der Waals surface area contributed by atoms with Crippen molar-refractivity contribution in [1.82, 2.24) is 0 Å². The number of ketones is 2. The number of piperidine rings is 1. The number of alkyl halides is 1. The van der Waals surface area contributed by atoms with Gasteiger partial charge in [-0.15, -0.1) is 11.6 Å². The molecule has 2 unspecified atom stereocenters. The summed E-state index contributed by atoms with van der Waals surface area (Å²) in [6.45, 7) is 2.59. The van der Waals surface area contributed by atoms with Gasteiger partial charge in [0, 0.05) is 17.2 Å². The second-order valence-corrected chi connectivity index (χ2v) is 8.99. The molecule has 3 fully saturated rings. The first-order valence-corrected chi connectivity index (χ1v) is 10.6. The minimum Gasteiger partial charge on any atom is -0.328 e. The zero-order chi connectivity index (χ0) is 16.9. The third-order valence-corrected chi connectivity index (χ3v) is 7.00. The SMILES string of the molecule is O=C(C[NH+]1CCCC(C(=O)C2CCCCC2)C1)C1CCC(Cl)CC1. The van der Waals surface area contributed by atoms with Gasteiger partial charge in [0.05, 0.1) is 19.0 Å². The Kier molecular flexibility index (Phi) is 6.74. The summed E-state index contributed by atoms with van der Waals surface area (Å²) >= 11 is 6.15. The molecule has 2 saturated carbocycles. The lowest BCUT2D eigenvalue weighted by atomic mass is 9.79. The molecular formula is C20H33ClNO2+. The highest BCUT2D eigenvalue weighted by Crippen LogP contribution is 2.29. The van der Waals surface area contributed by atoms with Crippen LogP contribution in [0.4, 0.5) is 0 Å². The van der Waals surface area contributed by atoms with E-state index in [0.717, 1.165) is 64.5 Å². The highest BCUT2D eigenvalue weighted by molar-refractivity contribution is 6.20. The molecule has 0 aromatic heterocycles. The number of likely N-dealkylation sites (tertiary alicyclic amines) is 1. The summed E-state index contributed by atoms with van der Waals surface area (Å²) in [4.78, 5) is 26.8. The van der Waals surface area contributed by atoms with Crippen molar-refractivity contribution in [3.8, 4) is 0 Å². The molecule has 0 amide bonds. The van der Waals surface area contributed by atoms with Crippen molar-refractivity contribution in [3.05, 3.63) is 0 Å². The Balaban J connectivity index is 1.48. The van der Waals surface area contributed by atoms with Gasteiger partial charge in [-0.25, -0.2) is 0 Å². The van der Waals surface area contributed by atoms with Gasteiger partial charge in [0.15, 0.2) is 5.78 Å². The smallest absolute Gasteiger partial charge is 0.189 e. The van der Waals surface area contributed by atoms with Crippen LogP contribution in [0.5, 0.6) is 0 Å². The molecular weight excluding hydrogens is 322 g/mol. The number of rotatable bonds is 5. The maximum absolute atomic E-state index is 12.8. The van der Waals surface area contributed by atoms with Crippen LogP contribution < -0.4 is 4.90 Å². The Morgan fingerprint density at radius 2 is 1.46 bits per heavy atom. The Hall–Kier alpha value is -0.410. The first-order chi connectivity index (χ1) is 11.6. The van der Waals surface area contributed by atoms with Crippen LogP contribution >= 0.6 is 11.6 Å². The van der Waals surface area contributed by atoms with E-state index in [9.17, 15) is 9.59 Å². The molecule has 0 bridgehead atoms. The molecule has 3 rings (SSSR count). The maximum atomic E-state index is 12.8. The fraction of sp³-hybridized carbons (Fsp3) is 0.900. The first kappa shape index (κ1) is 18.4. The molecule has 1 aliphatic heterocycles. The van der Waals surface area contributed by atoms with E-state index in [4.69, 9.17) is 11.6 Å². The number of nitrogens with one attached hydrogen (secondary N) is 1. The van der Waals surface area contributed by atoms with Gasteiger partial charge >= 0.3 is 0 Å². The lowest BCUT2D eigenvalue weighted by Gasteiger charge is -2.33. The fourth-order valence-electron chi connectivity index (χ4n) is 5.04. The van der Waals surface area contributed by atoms with Crippen LogP contribution in [0.15, 0.2) is 0 Å². The van der Waals surface area contributed by atoms with Crippen LogP contribution in [0.3, 0.4) is 0 Å². The number of halogens is 1. The summed E-state index contributed by atoms with van der Waals surface area (Å²) in [7, 11) is 0. The van der Waals surface area contributed by atoms with E-state index in [1.54, 1.807) is 0 Å². The molecule has 0 aromatic rings. The molecule has 1 N–H and O–H groups in total. The summed E-state index contributed by atoms with van der Waals surface area (Å²) in [5.41, 5.74) is 0. The predicted octanol–water partition coefficient (Wildman–Crippen LogP) is 2.80. The number of quaternary nitrogens is 1. The van der Waals surface area contributed by atoms with E-state index >= 15 is 0 Å². The van der Waals surface area contributed by atoms with Gasteiger partial charge in [0.1, 0.15) is 12.3 Å². The number of hydrogen-bond acceptors (Lipinski definition) is 2. The van der Waals surface area contributed by atoms with Crippen LogP contribution in [0, 0.1) is 17.8 Å². The number of hydrogen-bond donors (Lipinski definition) is 1. The van der Waals surface area contributed by atoms with E-state index in [1.165, 1.54) is 24.2 Å². The summed E-state index contributed by atoms with van der Waals surface area (Å²) in [6, 6.07) is 0. The van der Waals surface area contributed by atoms with E-state index in [0.29, 0.717) is 24.0 Å². The summed E-state index contributed by atoms with van der Waals surface area (Å²) in [6.07, 6.45) is 12.0. The van der Waals surface area contributed by atoms with E-state index in [1.807, 2.05) is 0 Å². The van der Waals surface area contributed by atoms with Crippen LogP contribution in [-0.2, 0) is 9.59 Å². The van der Waals surface area contributed by atoms with Crippen LogP contribution in [0.25, 0.3) is 0 Å². The number of carbonyl (C=O) groups is 2. The van der Waals surface area contributed by atoms with Crippen LogP contribution in [0.1, 0.15) is 70.6 Å². The van der Waals surface area contributed by atoms with Crippen molar-refractivity contribution in [2.75, 3.05) is 19.6 Å². The van der Waals surface area contributed by atoms with Crippen molar-refractivity contribution < 1.29 is 14.5 Å². The van der Waals surface area contributed by atoms with Gasteiger partial charge in [-0.05, 0) is 51.4 Å². The van der Waals surface area contributed by atoms with E-state index < -0.39 is 0 Å². The molecule has 3 aliphatic rings. The van der Waals surface area contributed by atoms with Crippen LogP contribution in [0.2, 0.25) is 0 Å². The number of Topliss-reactive ketones (excluding diaryl/α,β-unsaturated/α-hetero) is 2. The minimum absolute atomic E-state index is 0.211. The monoisotopic (exact) mass is 354 g/mol. The first-order valence-electron chi connectivity index (χ1n) is 10.2. The van der Waals surface area contributed by atoms with Gasteiger partial charge in [-0.2, -0.15) is 0 Å². The zero-order valence-electron chi connectivity index (χ0n) is 14.9. The van der Waals surface area contributed by atoms with Gasteiger partial charge in [-0.1, -0.05) is 19.3 Å². The predicted molar refractivity (Wildman–Crippen MR) is 96.5 cm³/mol. The summed E-state index contributed by atoms with van der Waals surface area (Å²) in [5.74, 6) is 1.68. The molecule has 24 heavy (non-hydrogen) atoms. The average Bonchev–Trinajstić information content (AvgIpc) is 2.62. The van der Waals surface area contributed by atoms with Crippen molar-refractivity contribution in [1.29, 1.82) is 0 Å². The summed E-state index contributed by atoms with van der Waals surface area (Å²) < 4.78 is 0. The lowest BCUT2D eigenvalue weighted by molar-refractivity contribution is -0.899. The topological polar surface area (TPSA) is 38.6 Å². The molecule has 136 valence electrons. The minimum atomic E-state index is 0.211. The van der Waals surface area contributed by atoms with Gasteiger partial charge in [0.25, 0.3) is 0 Å². The van der Waals surface area contributed by atoms with Crippen LogP contribution in [-0.4, -0.2) is 36.6 Å². The van der Waals surface area contributed by atoms with Crippen molar-refractivity contribution in [3.63, 3.8) is 0 Å². The number of carbonyl (C=O) groups excluding carboxylic acids is 2. The van der Waals surface area contributed by atoms with Crippen molar-refractivity contribution in [2.45, 2.75) is 76.0 Å². The Labute approximate surface area is 151 Å². The Bertz CT molecular complexity index is 439. The highest BCUT2D eigenvalue weighted by atomic mass is 35.5. The quantitative estimate of drug-likeness (QED) is 0.771. The largest absolute Gasteiger partial charge is 0.328 e. The van der Waals surface area contributed by atoms with E-state index in [2.05, 4.69) is 0 Å². The van der Waals surface area contributed by atoms with Crippen molar-refractivity contribution in [2.24, 2.45) is 17.8 Å². The normalized spacial score (nSPS) is 35.5. The molecule has 0 aromatic carbocycles. The third kappa shape index (κ3) is 4.82. The Morgan fingerprint density at radius 1 is 0.792 bits per heavy atom. The van der Waals surface area contributed by atoms with Gasteiger partial charge in [0.2, 0.25) is 0 Å². The second-order valence-electron chi connectivity index (χ2n) is 8.37. The lowest BCUT2D eigenvalue weighted by Crippen LogP contribution is -3.14. The molecule has 0 spiro atoms. The summed E-state index contributed by atoms with van der Waals surface area (Å²) in [5, 5.41) is 0.272. The highest BCUT2D eigenvalue weighted by Gasteiger charge is 2.35. The van der Waals surface area contributed by atoms with Crippen molar-refractivity contribution >= 4 is 23.2 Å². The molecule has 3 nitrogen and oxygen atoms in total. The average molecular weight is 355 g/mol. The maximum Gasteiger partial charge on any atom is 0.189 e. The second kappa shape index (κ2) is 8.80. The van der Waals surface area contributed by atoms with Gasteiger partial charge in [-0.3, -0.25) is 9.59 Å². The molecule has 1 heterocycles. The van der Waals surface area contributed by atoms with Gasteiger partial charge < -0.3 is 4.90 Å².